The van der Waals surface area contributed by atoms with Crippen LogP contribution in [-0.2, 0) is 4.79 Å². The maximum atomic E-state index is 11.5. The predicted molar refractivity (Wildman–Crippen MR) is 75.7 cm³/mol. The van der Waals surface area contributed by atoms with Crippen LogP contribution in [-0.4, -0.2) is 37.1 Å². The van der Waals surface area contributed by atoms with Gasteiger partial charge in [0.15, 0.2) is 6.61 Å². The van der Waals surface area contributed by atoms with Gasteiger partial charge in [0.05, 0.1) is 25.3 Å². The molecule has 0 bridgehead atoms. The van der Waals surface area contributed by atoms with Gasteiger partial charge in [-0.25, -0.2) is 0 Å². The Morgan fingerprint density at radius 1 is 1.52 bits per heavy atom. The van der Waals surface area contributed by atoms with E-state index in [1.807, 2.05) is 6.07 Å². The lowest BCUT2D eigenvalue weighted by Crippen LogP contribution is -2.29. The second-order valence-corrected chi connectivity index (χ2v) is 4.09. The van der Waals surface area contributed by atoms with Gasteiger partial charge in [-0.2, -0.15) is 5.26 Å². The number of nitrogens with one attached hydrogen (secondary N) is 1. The molecule has 0 saturated heterocycles. The standard InChI is InChI=1S/C14H17N3O4/c1-10(17-19)12-5-4-11(20-2)8-13(12)21-9-14(18)16-7-3-6-15/h4-5,8,19H,3,7,9H2,1-2H3,(H,16,18)/b17-10+. The molecule has 21 heavy (non-hydrogen) atoms. The first-order valence-corrected chi connectivity index (χ1v) is 6.26. The fourth-order valence-electron chi connectivity index (χ4n) is 1.55. The number of nitrogens with zero attached hydrogens (tertiary/aromatic N) is 2. The topological polar surface area (TPSA) is 104 Å². The molecule has 0 aliphatic carbocycles. The molecule has 2 N–H and O–H groups in total. The number of benzene rings is 1. The molecule has 1 rings (SSSR count). The summed E-state index contributed by atoms with van der Waals surface area (Å²) < 4.78 is 10.5. The Hall–Kier alpha value is -2.75. The highest BCUT2D eigenvalue weighted by Crippen LogP contribution is 2.25. The molecule has 112 valence electrons. The van der Waals surface area contributed by atoms with Crippen molar-refractivity contribution in [2.45, 2.75) is 13.3 Å². The van der Waals surface area contributed by atoms with Crippen LogP contribution >= 0.6 is 0 Å². The van der Waals surface area contributed by atoms with Crippen LogP contribution in [0.15, 0.2) is 23.4 Å². The summed E-state index contributed by atoms with van der Waals surface area (Å²) in [6, 6.07) is 6.91. The van der Waals surface area contributed by atoms with E-state index in [1.165, 1.54) is 7.11 Å². The Morgan fingerprint density at radius 3 is 2.90 bits per heavy atom. The average Bonchev–Trinajstić information content (AvgIpc) is 2.52. The zero-order chi connectivity index (χ0) is 15.7. The van der Waals surface area contributed by atoms with Crippen molar-refractivity contribution in [3.8, 4) is 17.6 Å². The molecule has 1 aromatic rings. The summed E-state index contributed by atoms with van der Waals surface area (Å²) in [6.45, 7) is 1.69. The lowest BCUT2D eigenvalue weighted by Gasteiger charge is -2.12. The summed E-state index contributed by atoms with van der Waals surface area (Å²) in [6.07, 6.45) is 0.242. The van der Waals surface area contributed by atoms with Gasteiger partial charge in [-0.1, -0.05) is 5.16 Å². The van der Waals surface area contributed by atoms with Gasteiger partial charge in [0.1, 0.15) is 11.5 Å². The maximum Gasteiger partial charge on any atom is 0.257 e. The number of hydrogen-bond acceptors (Lipinski definition) is 6. The van der Waals surface area contributed by atoms with Gasteiger partial charge in [-0.15, -0.1) is 0 Å². The normalized spacial score (nSPS) is 10.6. The van der Waals surface area contributed by atoms with Crippen LogP contribution in [0.2, 0.25) is 0 Å². The minimum atomic E-state index is -0.336. The Kier molecular flexibility index (Phi) is 6.54. The summed E-state index contributed by atoms with van der Waals surface area (Å²) in [5.41, 5.74) is 0.917. The van der Waals surface area contributed by atoms with Crippen molar-refractivity contribution in [2.75, 3.05) is 20.3 Å². The van der Waals surface area contributed by atoms with E-state index in [9.17, 15) is 4.79 Å². The highest BCUT2D eigenvalue weighted by atomic mass is 16.5. The number of ether oxygens (including phenoxy) is 2. The fourth-order valence-corrected chi connectivity index (χ4v) is 1.55. The second kappa shape index (κ2) is 8.43. The van der Waals surface area contributed by atoms with Crippen molar-refractivity contribution in [1.82, 2.24) is 5.32 Å². The molecule has 0 aliphatic heterocycles. The molecule has 0 aromatic heterocycles. The Bertz CT molecular complexity index is 564. The monoisotopic (exact) mass is 291 g/mol. The minimum absolute atomic E-state index is 0.204. The van der Waals surface area contributed by atoms with Gasteiger partial charge in [0.2, 0.25) is 0 Å². The van der Waals surface area contributed by atoms with E-state index in [4.69, 9.17) is 19.9 Å². The van der Waals surface area contributed by atoms with Gasteiger partial charge in [-0.05, 0) is 19.1 Å². The third-order valence-electron chi connectivity index (χ3n) is 2.65. The van der Waals surface area contributed by atoms with E-state index in [0.717, 1.165) is 0 Å². The lowest BCUT2D eigenvalue weighted by atomic mass is 10.1. The molecule has 0 aliphatic rings. The first-order valence-electron chi connectivity index (χ1n) is 6.26. The number of rotatable bonds is 7. The molecule has 7 nitrogen and oxygen atoms in total. The van der Waals surface area contributed by atoms with E-state index >= 15 is 0 Å². The minimum Gasteiger partial charge on any atom is -0.497 e. The summed E-state index contributed by atoms with van der Waals surface area (Å²) in [4.78, 5) is 11.5. The number of hydrogen-bond donors (Lipinski definition) is 2. The van der Waals surface area contributed by atoms with Gasteiger partial charge < -0.3 is 20.0 Å². The van der Waals surface area contributed by atoms with E-state index < -0.39 is 0 Å². The summed E-state index contributed by atoms with van der Waals surface area (Å²) in [5.74, 6) is 0.599. The van der Waals surface area contributed by atoms with E-state index in [2.05, 4.69) is 10.5 Å². The summed E-state index contributed by atoms with van der Waals surface area (Å²) >= 11 is 0. The number of nitriles is 1. The smallest absolute Gasteiger partial charge is 0.257 e. The Morgan fingerprint density at radius 2 is 2.29 bits per heavy atom. The first kappa shape index (κ1) is 16.3. The number of amides is 1. The molecule has 7 heteroatoms. The molecule has 1 amide bonds. The van der Waals surface area contributed by atoms with Crippen molar-refractivity contribution in [3.63, 3.8) is 0 Å². The summed E-state index contributed by atoms with van der Waals surface area (Å²) in [5, 5.41) is 22.9. The molecule has 0 spiro atoms. The van der Waals surface area contributed by atoms with Crippen LogP contribution < -0.4 is 14.8 Å². The van der Waals surface area contributed by atoms with Gasteiger partial charge in [0, 0.05) is 18.2 Å². The number of carbonyl (C=O) groups is 1. The first-order chi connectivity index (χ1) is 10.1. The van der Waals surface area contributed by atoms with Crippen LogP contribution in [0.25, 0.3) is 0 Å². The van der Waals surface area contributed by atoms with Crippen LogP contribution in [0.1, 0.15) is 18.9 Å². The summed E-state index contributed by atoms with van der Waals surface area (Å²) in [7, 11) is 1.51. The lowest BCUT2D eigenvalue weighted by molar-refractivity contribution is -0.123. The number of carbonyl (C=O) groups excluding carboxylic acids is 1. The molecule has 1 aromatic carbocycles. The average molecular weight is 291 g/mol. The van der Waals surface area contributed by atoms with Gasteiger partial charge in [-0.3, -0.25) is 4.79 Å². The van der Waals surface area contributed by atoms with Crippen LogP contribution in [0.5, 0.6) is 11.5 Å². The highest BCUT2D eigenvalue weighted by molar-refractivity contribution is 6.01. The van der Waals surface area contributed by atoms with Crippen molar-refractivity contribution in [3.05, 3.63) is 23.8 Å². The third-order valence-corrected chi connectivity index (χ3v) is 2.65. The Labute approximate surface area is 122 Å². The van der Waals surface area contributed by atoms with E-state index in [0.29, 0.717) is 22.8 Å². The fraction of sp³-hybridized carbons (Fsp3) is 0.357. The van der Waals surface area contributed by atoms with Gasteiger partial charge in [0.25, 0.3) is 5.91 Å². The van der Waals surface area contributed by atoms with Crippen molar-refractivity contribution >= 4 is 11.6 Å². The molecule has 0 atom stereocenters. The molecule has 0 saturated carbocycles. The molecule has 0 unspecified atom stereocenters. The van der Waals surface area contributed by atoms with E-state index in [-0.39, 0.29) is 25.5 Å². The number of methoxy groups -OCH3 is 1. The second-order valence-electron chi connectivity index (χ2n) is 4.09. The van der Waals surface area contributed by atoms with Crippen LogP contribution in [0.3, 0.4) is 0 Å². The van der Waals surface area contributed by atoms with Gasteiger partial charge >= 0.3 is 0 Å². The maximum absolute atomic E-state index is 11.5. The largest absolute Gasteiger partial charge is 0.497 e. The molecule has 0 fully saturated rings. The molecular formula is C14H17N3O4. The van der Waals surface area contributed by atoms with E-state index in [1.54, 1.807) is 25.1 Å². The SMILES string of the molecule is COc1ccc(/C(C)=N/O)c(OCC(=O)NCCC#N)c1. The van der Waals surface area contributed by atoms with Crippen molar-refractivity contribution < 1.29 is 19.5 Å². The van der Waals surface area contributed by atoms with Crippen LogP contribution in [0.4, 0.5) is 0 Å². The number of oxime groups is 1. The van der Waals surface area contributed by atoms with Crippen molar-refractivity contribution in [2.24, 2.45) is 5.16 Å². The Balaban J connectivity index is 2.76. The quantitative estimate of drug-likeness (QED) is 0.341. The molecule has 0 radical (unpaired) electrons. The zero-order valence-electron chi connectivity index (χ0n) is 11.9. The van der Waals surface area contributed by atoms with Crippen LogP contribution in [0, 0.1) is 11.3 Å². The van der Waals surface area contributed by atoms with Crippen molar-refractivity contribution in [1.29, 1.82) is 5.26 Å². The highest BCUT2D eigenvalue weighted by Gasteiger charge is 2.11. The predicted octanol–water partition coefficient (Wildman–Crippen LogP) is 1.30. The zero-order valence-corrected chi connectivity index (χ0v) is 11.9. The molecular weight excluding hydrogens is 274 g/mol. The third kappa shape index (κ3) is 5.03. The molecule has 0 heterocycles.